The lowest BCUT2D eigenvalue weighted by Gasteiger charge is -2.06. The Morgan fingerprint density at radius 3 is 2.74 bits per heavy atom. The third kappa shape index (κ3) is 2.65. The van der Waals surface area contributed by atoms with Gasteiger partial charge in [0.05, 0.1) is 11.3 Å². The molecule has 0 aliphatic carbocycles. The average molecular weight is 324 g/mol. The first-order valence-electron chi connectivity index (χ1n) is 5.34. The zero-order chi connectivity index (χ0) is 14.0. The topological polar surface area (TPSA) is 84.2 Å². The van der Waals surface area contributed by atoms with Crippen LogP contribution in [0.3, 0.4) is 0 Å². The molecule has 0 bridgehead atoms. The first kappa shape index (κ1) is 13.3. The Kier molecular flexibility index (Phi) is 3.66. The predicted molar refractivity (Wildman–Crippen MR) is 71.6 cm³/mol. The van der Waals surface area contributed by atoms with E-state index in [-0.39, 0.29) is 17.2 Å². The molecule has 2 N–H and O–H groups in total. The SMILES string of the molecule is CNC(=O)c1ccn(-c2ccc(Br)cc2C(=O)O)n1. The van der Waals surface area contributed by atoms with Gasteiger partial charge in [0, 0.05) is 17.7 Å². The molecular formula is C12H10BrN3O3. The van der Waals surface area contributed by atoms with Crippen molar-refractivity contribution in [2.75, 3.05) is 7.05 Å². The molecule has 2 aromatic rings. The van der Waals surface area contributed by atoms with Gasteiger partial charge in [-0.25, -0.2) is 9.48 Å². The standard InChI is InChI=1S/C12H10BrN3O3/c1-14-11(17)9-4-5-16(15-9)10-3-2-7(13)6-8(10)12(18)19/h2-6H,1H3,(H,14,17)(H,18,19). The molecule has 0 aliphatic rings. The largest absolute Gasteiger partial charge is 0.478 e. The Labute approximate surface area is 117 Å². The van der Waals surface area contributed by atoms with E-state index in [1.54, 1.807) is 18.3 Å². The molecule has 19 heavy (non-hydrogen) atoms. The van der Waals surface area contributed by atoms with Crippen LogP contribution in [0.15, 0.2) is 34.9 Å². The van der Waals surface area contributed by atoms with Crippen LogP contribution >= 0.6 is 15.9 Å². The number of amides is 1. The van der Waals surface area contributed by atoms with Gasteiger partial charge in [0.1, 0.15) is 0 Å². The van der Waals surface area contributed by atoms with Crippen molar-refractivity contribution in [3.8, 4) is 5.69 Å². The number of rotatable bonds is 3. The second-order valence-corrected chi connectivity index (χ2v) is 4.61. The molecule has 1 heterocycles. The fourth-order valence-electron chi connectivity index (χ4n) is 1.59. The van der Waals surface area contributed by atoms with Crippen molar-refractivity contribution in [3.63, 3.8) is 0 Å². The number of carbonyl (C=O) groups excluding carboxylic acids is 1. The van der Waals surface area contributed by atoms with Crippen molar-refractivity contribution < 1.29 is 14.7 Å². The highest BCUT2D eigenvalue weighted by Crippen LogP contribution is 2.20. The van der Waals surface area contributed by atoms with Gasteiger partial charge in [-0.15, -0.1) is 0 Å². The number of hydrogen-bond acceptors (Lipinski definition) is 3. The van der Waals surface area contributed by atoms with Gasteiger partial charge in [0.25, 0.3) is 5.91 Å². The first-order valence-corrected chi connectivity index (χ1v) is 6.13. The zero-order valence-electron chi connectivity index (χ0n) is 9.92. The summed E-state index contributed by atoms with van der Waals surface area (Å²) in [5.41, 5.74) is 0.716. The molecule has 1 aromatic carbocycles. The quantitative estimate of drug-likeness (QED) is 0.900. The summed E-state index contributed by atoms with van der Waals surface area (Å²) in [6.07, 6.45) is 1.54. The van der Waals surface area contributed by atoms with E-state index >= 15 is 0 Å². The fourth-order valence-corrected chi connectivity index (χ4v) is 1.95. The lowest BCUT2D eigenvalue weighted by molar-refractivity contribution is 0.0696. The van der Waals surface area contributed by atoms with Crippen LogP contribution in [0.2, 0.25) is 0 Å². The maximum atomic E-state index is 11.4. The van der Waals surface area contributed by atoms with Gasteiger partial charge in [0.15, 0.2) is 5.69 Å². The molecule has 0 radical (unpaired) electrons. The molecule has 0 atom stereocenters. The van der Waals surface area contributed by atoms with Gasteiger partial charge in [-0.05, 0) is 24.3 Å². The summed E-state index contributed by atoms with van der Waals surface area (Å²) in [6.45, 7) is 0. The highest BCUT2D eigenvalue weighted by molar-refractivity contribution is 9.10. The summed E-state index contributed by atoms with van der Waals surface area (Å²) in [5.74, 6) is -1.39. The normalized spacial score (nSPS) is 10.2. The van der Waals surface area contributed by atoms with E-state index < -0.39 is 5.97 Å². The van der Waals surface area contributed by atoms with Crippen molar-refractivity contribution in [1.29, 1.82) is 0 Å². The average Bonchev–Trinajstić information content (AvgIpc) is 2.87. The monoisotopic (exact) mass is 323 g/mol. The van der Waals surface area contributed by atoms with E-state index in [9.17, 15) is 14.7 Å². The van der Waals surface area contributed by atoms with Crippen LogP contribution in [-0.2, 0) is 0 Å². The summed E-state index contributed by atoms with van der Waals surface area (Å²) in [5, 5.41) is 15.7. The first-order chi connectivity index (χ1) is 9.02. The maximum Gasteiger partial charge on any atom is 0.337 e. The van der Waals surface area contributed by atoms with E-state index in [0.717, 1.165) is 0 Å². The Morgan fingerprint density at radius 2 is 2.11 bits per heavy atom. The van der Waals surface area contributed by atoms with Crippen LogP contribution in [-0.4, -0.2) is 33.8 Å². The van der Waals surface area contributed by atoms with Crippen LogP contribution in [0.5, 0.6) is 0 Å². The van der Waals surface area contributed by atoms with Crippen LogP contribution in [0, 0.1) is 0 Å². The van der Waals surface area contributed by atoms with Gasteiger partial charge >= 0.3 is 5.97 Å². The van der Waals surface area contributed by atoms with Gasteiger partial charge in [-0.3, -0.25) is 4.79 Å². The third-order valence-corrected chi connectivity index (χ3v) is 2.98. The number of benzene rings is 1. The molecule has 0 unspecified atom stereocenters. The number of halogens is 1. The number of carboxylic acid groups (broad SMARTS) is 1. The van der Waals surface area contributed by atoms with Gasteiger partial charge in [-0.1, -0.05) is 15.9 Å². The molecule has 1 aromatic heterocycles. The molecule has 0 spiro atoms. The van der Waals surface area contributed by atoms with Crippen molar-refractivity contribution >= 4 is 27.8 Å². The maximum absolute atomic E-state index is 11.4. The zero-order valence-corrected chi connectivity index (χ0v) is 11.5. The molecule has 0 fully saturated rings. The Hall–Kier alpha value is -2.15. The molecule has 7 heteroatoms. The van der Waals surface area contributed by atoms with Gasteiger partial charge in [-0.2, -0.15) is 5.10 Å². The second-order valence-electron chi connectivity index (χ2n) is 3.69. The van der Waals surface area contributed by atoms with Crippen molar-refractivity contribution in [2.24, 2.45) is 0 Å². The van der Waals surface area contributed by atoms with Gasteiger partial charge < -0.3 is 10.4 Å². The van der Waals surface area contributed by atoms with Crippen molar-refractivity contribution in [3.05, 3.63) is 46.2 Å². The van der Waals surface area contributed by atoms with Crippen molar-refractivity contribution in [1.82, 2.24) is 15.1 Å². The lowest BCUT2D eigenvalue weighted by atomic mass is 10.2. The highest BCUT2D eigenvalue weighted by atomic mass is 79.9. The minimum absolute atomic E-state index is 0.0981. The summed E-state index contributed by atoms with van der Waals surface area (Å²) in [4.78, 5) is 22.6. The van der Waals surface area contributed by atoms with Crippen LogP contribution in [0.25, 0.3) is 5.69 Å². The number of carboxylic acids is 1. The predicted octanol–water partition coefficient (Wildman–Crippen LogP) is 1.69. The number of nitrogens with one attached hydrogen (secondary N) is 1. The molecular weight excluding hydrogens is 314 g/mol. The second kappa shape index (κ2) is 5.23. The fraction of sp³-hybridized carbons (Fsp3) is 0.0833. The molecule has 98 valence electrons. The summed E-state index contributed by atoms with van der Waals surface area (Å²) >= 11 is 3.22. The van der Waals surface area contributed by atoms with E-state index in [1.807, 2.05) is 0 Å². The molecule has 6 nitrogen and oxygen atoms in total. The van der Waals surface area contributed by atoms with Crippen molar-refractivity contribution in [2.45, 2.75) is 0 Å². The minimum Gasteiger partial charge on any atom is -0.478 e. The number of hydrogen-bond donors (Lipinski definition) is 2. The third-order valence-electron chi connectivity index (χ3n) is 2.48. The van der Waals surface area contributed by atoms with E-state index in [4.69, 9.17) is 0 Å². The van der Waals surface area contributed by atoms with Crippen LogP contribution < -0.4 is 5.32 Å². The minimum atomic E-state index is -1.06. The molecule has 2 rings (SSSR count). The van der Waals surface area contributed by atoms with Crippen LogP contribution in [0.4, 0.5) is 0 Å². The van der Waals surface area contributed by atoms with E-state index in [0.29, 0.717) is 10.2 Å². The number of aromatic nitrogens is 2. The summed E-state index contributed by atoms with van der Waals surface area (Å²) in [7, 11) is 1.50. The molecule has 1 amide bonds. The Balaban J connectivity index is 2.50. The lowest BCUT2D eigenvalue weighted by Crippen LogP contribution is -2.18. The van der Waals surface area contributed by atoms with Gasteiger partial charge in [0.2, 0.25) is 0 Å². The number of nitrogens with zero attached hydrogens (tertiary/aromatic N) is 2. The summed E-state index contributed by atoms with van der Waals surface area (Å²) in [6, 6.07) is 6.34. The van der Waals surface area contributed by atoms with E-state index in [2.05, 4.69) is 26.3 Å². The molecule has 0 aliphatic heterocycles. The Bertz CT molecular complexity index is 651. The Morgan fingerprint density at radius 1 is 1.37 bits per heavy atom. The summed E-state index contributed by atoms with van der Waals surface area (Å²) < 4.78 is 2.02. The molecule has 0 saturated heterocycles. The smallest absolute Gasteiger partial charge is 0.337 e. The molecule has 0 saturated carbocycles. The van der Waals surface area contributed by atoms with E-state index in [1.165, 1.54) is 23.9 Å². The van der Waals surface area contributed by atoms with Crippen LogP contribution in [0.1, 0.15) is 20.8 Å². The number of aromatic carboxylic acids is 1. The number of carbonyl (C=O) groups is 2. The highest BCUT2D eigenvalue weighted by Gasteiger charge is 2.14.